The molecule has 0 spiro atoms. The average Bonchev–Trinajstić information content (AvgIpc) is 3.23. The number of carbonyl (C=O) groups is 2. The third kappa shape index (κ3) is 11.6. The van der Waals surface area contributed by atoms with Gasteiger partial charge in [0, 0.05) is 24.2 Å². The van der Waals surface area contributed by atoms with Crippen LogP contribution >= 0.6 is 0 Å². The van der Waals surface area contributed by atoms with Crippen LogP contribution in [0.25, 0.3) is 33.7 Å². The normalized spacial score (nSPS) is 14.5. The van der Waals surface area contributed by atoms with Gasteiger partial charge in [0.25, 0.3) is 0 Å². The highest BCUT2D eigenvalue weighted by Gasteiger charge is 2.31. The molecule has 0 aliphatic heterocycles. The maximum Gasteiger partial charge on any atom is 0.416 e. The number of esters is 2. The first-order valence-corrected chi connectivity index (χ1v) is 18.9. The second kappa shape index (κ2) is 19.0. The summed E-state index contributed by atoms with van der Waals surface area (Å²) in [6, 6.07) is 35.3. The molecule has 6 aromatic carbocycles. The number of benzene rings is 6. The van der Waals surface area contributed by atoms with Gasteiger partial charge in [0.05, 0.1) is 11.1 Å². The van der Waals surface area contributed by atoms with E-state index in [1.807, 2.05) is 98.8 Å². The third-order valence-corrected chi connectivity index (χ3v) is 9.60. The molecule has 308 valence electrons. The average molecular weight is 823 g/mol. The molecule has 6 rings (SSSR count). The predicted molar refractivity (Wildman–Crippen MR) is 221 cm³/mol. The van der Waals surface area contributed by atoms with Crippen molar-refractivity contribution < 1.29 is 45.4 Å². The predicted octanol–water partition coefficient (Wildman–Crippen LogP) is 11.8. The molecule has 2 unspecified atom stereocenters. The van der Waals surface area contributed by atoms with Gasteiger partial charge < -0.3 is 9.47 Å². The van der Waals surface area contributed by atoms with Gasteiger partial charge in [-0.05, 0) is 94.1 Å². The van der Waals surface area contributed by atoms with Crippen LogP contribution < -0.4 is 10.6 Å². The van der Waals surface area contributed by atoms with Gasteiger partial charge in [-0.1, -0.05) is 121 Å². The van der Waals surface area contributed by atoms with Crippen LogP contribution in [0.1, 0.15) is 59.3 Å². The first kappa shape index (κ1) is 43.1. The highest BCUT2D eigenvalue weighted by atomic mass is 19.4. The van der Waals surface area contributed by atoms with Gasteiger partial charge in [-0.2, -0.15) is 26.3 Å². The van der Waals surface area contributed by atoms with Crippen LogP contribution in [0.4, 0.5) is 26.3 Å². The zero-order valence-electron chi connectivity index (χ0n) is 32.4. The summed E-state index contributed by atoms with van der Waals surface area (Å²) in [5.41, 5.74) is 0.463. The van der Waals surface area contributed by atoms with Crippen molar-refractivity contribution in [2.24, 2.45) is 0 Å². The first-order chi connectivity index (χ1) is 28.6. The number of hydrogen-bond donors (Lipinski definition) is 2. The highest BCUT2D eigenvalue weighted by Crippen LogP contribution is 2.32. The van der Waals surface area contributed by atoms with Crippen molar-refractivity contribution in [3.8, 4) is 0 Å². The van der Waals surface area contributed by atoms with Gasteiger partial charge in [-0.15, -0.1) is 0 Å². The van der Waals surface area contributed by atoms with Crippen molar-refractivity contribution in [3.05, 3.63) is 191 Å². The molecule has 0 saturated heterocycles. The number of alkyl halides is 6. The molecule has 0 fully saturated rings. The van der Waals surface area contributed by atoms with E-state index in [-0.39, 0.29) is 11.1 Å². The summed E-state index contributed by atoms with van der Waals surface area (Å²) in [6.07, 6.45) is -4.21. The summed E-state index contributed by atoms with van der Waals surface area (Å²) >= 11 is 0. The van der Waals surface area contributed by atoms with Crippen LogP contribution in [0.2, 0.25) is 0 Å². The molecule has 6 nitrogen and oxygen atoms in total. The highest BCUT2D eigenvalue weighted by molar-refractivity contribution is 5.92. The Morgan fingerprint density at radius 3 is 1.28 bits per heavy atom. The van der Waals surface area contributed by atoms with Crippen molar-refractivity contribution in [3.63, 3.8) is 0 Å². The summed E-state index contributed by atoms with van der Waals surface area (Å²) in [5.74, 6) is -1.95. The number of hydrogen-bond acceptors (Lipinski definition) is 6. The van der Waals surface area contributed by atoms with Gasteiger partial charge in [-0.3, -0.25) is 10.6 Å². The Balaban J connectivity index is 1.21. The summed E-state index contributed by atoms with van der Waals surface area (Å²) in [6.45, 7) is 3.68. The largest absolute Gasteiger partial charge is 0.440 e. The van der Waals surface area contributed by atoms with Gasteiger partial charge in [-0.25, -0.2) is 9.59 Å². The lowest BCUT2D eigenvalue weighted by atomic mass is 9.99. The van der Waals surface area contributed by atoms with Crippen LogP contribution in [0.5, 0.6) is 0 Å². The van der Waals surface area contributed by atoms with Gasteiger partial charge in [0.1, 0.15) is 0 Å². The molecule has 0 radical (unpaired) electrons. The summed E-state index contributed by atoms with van der Waals surface area (Å²) < 4.78 is 91.9. The van der Waals surface area contributed by atoms with E-state index in [4.69, 9.17) is 9.47 Å². The Morgan fingerprint density at radius 2 is 0.883 bits per heavy atom. The monoisotopic (exact) mass is 822 g/mol. The minimum atomic E-state index is -4.56. The molecule has 0 bridgehead atoms. The zero-order chi connectivity index (χ0) is 42.9. The minimum Gasteiger partial charge on any atom is -0.440 e. The van der Waals surface area contributed by atoms with Crippen molar-refractivity contribution >= 4 is 45.6 Å². The number of ether oxygens (including phenoxy) is 2. The topological polar surface area (TPSA) is 76.7 Å². The van der Waals surface area contributed by atoms with Crippen LogP contribution in [-0.2, 0) is 31.4 Å². The Kier molecular flexibility index (Phi) is 13.7. The fraction of sp³-hybridized carbons (Fsp3) is 0.167. The third-order valence-electron chi connectivity index (χ3n) is 9.60. The molecule has 4 atom stereocenters. The van der Waals surface area contributed by atoms with E-state index in [1.54, 1.807) is 0 Å². The number of nitrogens with one attached hydrogen (secondary N) is 2. The lowest BCUT2D eigenvalue weighted by molar-refractivity contribution is -0.145. The SMILES string of the molecule is C[C@@H](NC(C=Cc1cccc(C(F)(F)F)c1)OC(=O)/C=C/C(=O)OC(C=Cc1cccc(C(F)(F)F)c1)N[C@H](C)c1cccc2ccccc12)c1cccc2ccccc12. The van der Waals surface area contributed by atoms with E-state index in [1.165, 1.54) is 48.6 Å². The summed E-state index contributed by atoms with van der Waals surface area (Å²) in [7, 11) is 0. The van der Waals surface area contributed by atoms with Crippen LogP contribution in [0, 0.1) is 0 Å². The molecular formula is C48H40F6N2O4. The lowest BCUT2D eigenvalue weighted by Crippen LogP contribution is -2.34. The van der Waals surface area contributed by atoms with Crippen molar-refractivity contribution in [1.29, 1.82) is 0 Å². The molecule has 0 aliphatic rings. The lowest BCUT2D eigenvalue weighted by Gasteiger charge is -2.23. The van der Waals surface area contributed by atoms with E-state index in [0.29, 0.717) is 0 Å². The van der Waals surface area contributed by atoms with E-state index >= 15 is 0 Å². The zero-order valence-corrected chi connectivity index (χ0v) is 32.4. The van der Waals surface area contributed by atoms with Crippen LogP contribution in [0.3, 0.4) is 0 Å². The summed E-state index contributed by atoms with van der Waals surface area (Å²) in [5, 5.41) is 10.2. The van der Waals surface area contributed by atoms with Gasteiger partial charge >= 0.3 is 24.3 Å². The Hall–Kier alpha value is -6.50. The number of halogens is 6. The number of fused-ring (bicyclic) bond motifs is 2. The van der Waals surface area contributed by atoms with E-state index < -0.39 is 60.0 Å². The molecule has 0 amide bonds. The molecule has 0 saturated carbocycles. The fourth-order valence-electron chi connectivity index (χ4n) is 6.69. The standard InChI is InChI=1S/C48H40F6N2O4/c1-31(39-21-9-15-35-13-3-5-19-41(35)39)55-43(25-23-33-11-7-17-37(29-33)47(49,50)51)59-45(57)27-28-46(58)60-44(26-24-34-12-8-18-38(30-34)48(52,53)54)56-32(2)40-22-10-16-36-14-4-6-20-42(36)40/h3-32,43-44,55-56H,1-2H3/b25-23?,26-24?,28-27+/t31-,32-,43?,44?/m1/s1. The van der Waals surface area contributed by atoms with Crippen molar-refractivity contribution in [2.45, 2.75) is 50.7 Å². The van der Waals surface area contributed by atoms with Crippen molar-refractivity contribution in [2.75, 3.05) is 0 Å². The Labute approximate surface area is 342 Å². The van der Waals surface area contributed by atoms with E-state index in [0.717, 1.165) is 69.1 Å². The number of rotatable bonds is 14. The maximum atomic E-state index is 13.4. The smallest absolute Gasteiger partial charge is 0.416 e. The summed E-state index contributed by atoms with van der Waals surface area (Å²) in [4.78, 5) is 26.4. The van der Waals surface area contributed by atoms with Gasteiger partial charge in [0.15, 0.2) is 12.5 Å². The number of carbonyl (C=O) groups excluding carboxylic acids is 2. The molecule has 60 heavy (non-hydrogen) atoms. The van der Waals surface area contributed by atoms with Crippen LogP contribution in [0.15, 0.2) is 158 Å². The Morgan fingerprint density at radius 1 is 0.517 bits per heavy atom. The molecule has 0 aromatic heterocycles. The maximum absolute atomic E-state index is 13.4. The second-order valence-corrected chi connectivity index (χ2v) is 13.9. The second-order valence-electron chi connectivity index (χ2n) is 13.9. The van der Waals surface area contributed by atoms with E-state index in [2.05, 4.69) is 10.6 Å². The molecule has 0 heterocycles. The van der Waals surface area contributed by atoms with Gasteiger partial charge in [0.2, 0.25) is 0 Å². The molecule has 0 aliphatic carbocycles. The fourth-order valence-corrected chi connectivity index (χ4v) is 6.69. The van der Waals surface area contributed by atoms with Crippen LogP contribution in [-0.4, -0.2) is 24.4 Å². The van der Waals surface area contributed by atoms with E-state index in [9.17, 15) is 35.9 Å². The molecule has 2 N–H and O–H groups in total. The molecule has 12 heteroatoms. The van der Waals surface area contributed by atoms with Crippen molar-refractivity contribution in [1.82, 2.24) is 10.6 Å². The Bertz CT molecular complexity index is 2360. The molecule has 6 aromatic rings. The molecular weight excluding hydrogens is 783 g/mol. The first-order valence-electron chi connectivity index (χ1n) is 18.9. The quantitative estimate of drug-likeness (QED) is 0.0493. The minimum absolute atomic E-state index is 0.207.